The fraction of sp³-hybridized carbons (Fsp3) is 0.370. The number of fused-ring (bicyclic) bond motifs is 2. The van der Waals surface area contributed by atoms with Gasteiger partial charge in [-0.05, 0) is 61.2 Å². The van der Waals surface area contributed by atoms with Gasteiger partial charge in [-0.3, -0.25) is 0 Å². The molecule has 1 aliphatic heterocycles. The summed E-state index contributed by atoms with van der Waals surface area (Å²) in [6, 6.07) is 12.6. The van der Waals surface area contributed by atoms with Crippen LogP contribution in [0.15, 0.2) is 58.0 Å². The largest absolute Gasteiger partial charge is 0.748 e. The predicted molar refractivity (Wildman–Crippen MR) is 149 cm³/mol. The zero-order valence-electron chi connectivity index (χ0n) is 21.5. The van der Waals surface area contributed by atoms with Crippen LogP contribution in [0.2, 0.25) is 0 Å². The number of benzene rings is 2. The van der Waals surface area contributed by atoms with E-state index in [-0.39, 0.29) is 12.2 Å². The Morgan fingerprint density at radius 1 is 1.19 bits per heavy atom. The highest BCUT2D eigenvalue weighted by atomic mass is 32.2. The predicted octanol–water partition coefficient (Wildman–Crippen LogP) is 5.78. The number of rotatable bonds is 11. The van der Waals surface area contributed by atoms with Gasteiger partial charge in [-0.1, -0.05) is 42.2 Å². The zero-order chi connectivity index (χ0) is 26.6. The maximum absolute atomic E-state index is 11.2. The highest BCUT2D eigenvalue weighted by Crippen LogP contribution is 2.46. The van der Waals surface area contributed by atoms with Crippen molar-refractivity contribution in [3.8, 4) is 0 Å². The number of allylic oxidation sites excluding steroid dienone is 2. The Balaban J connectivity index is 1.68. The molecule has 2 aromatic carbocycles. The summed E-state index contributed by atoms with van der Waals surface area (Å²) in [5.74, 6) is -0.366. The first-order valence-electron chi connectivity index (χ1n) is 12.2. The minimum atomic E-state index is -4.25. The summed E-state index contributed by atoms with van der Waals surface area (Å²) < 4.78 is 36.9. The average molecular weight is 561 g/mol. The Hall–Kier alpha value is -2.21. The Bertz CT molecular complexity index is 1440. The molecular weight excluding hydrogens is 529 g/mol. The topological polar surface area (TPSA) is 82.8 Å². The Morgan fingerprint density at radius 3 is 2.70 bits per heavy atom. The monoisotopic (exact) mass is 560 g/mol. The third-order valence-electron chi connectivity index (χ3n) is 6.14. The maximum atomic E-state index is 11.2. The van der Waals surface area contributed by atoms with E-state index < -0.39 is 10.1 Å². The molecule has 0 spiro atoms. The van der Waals surface area contributed by atoms with Crippen LogP contribution in [0.5, 0.6) is 0 Å². The molecule has 0 bridgehead atoms. The summed E-state index contributed by atoms with van der Waals surface area (Å²) in [4.78, 5) is 13.4. The van der Waals surface area contributed by atoms with E-state index in [1.54, 1.807) is 23.1 Å². The minimum Gasteiger partial charge on any atom is -0.748 e. The van der Waals surface area contributed by atoms with Gasteiger partial charge >= 0.3 is 0 Å². The number of thioether (sulfide) groups is 1. The van der Waals surface area contributed by atoms with Crippen LogP contribution in [0, 0.1) is 6.92 Å². The van der Waals surface area contributed by atoms with Gasteiger partial charge in [0.1, 0.15) is 11.3 Å². The van der Waals surface area contributed by atoms with Crippen molar-refractivity contribution < 1.29 is 27.3 Å². The van der Waals surface area contributed by atoms with Crippen LogP contribution in [0.1, 0.15) is 42.8 Å². The molecule has 1 aliphatic rings. The van der Waals surface area contributed by atoms with Crippen molar-refractivity contribution in [2.24, 2.45) is 0 Å². The third kappa shape index (κ3) is 6.81. The van der Waals surface area contributed by atoms with Crippen molar-refractivity contribution in [3.05, 3.63) is 69.2 Å². The van der Waals surface area contributed by atoms with E-state index >= 15 is 0 Å². The number of aryl methyl sites for hydroxylation is 2. The Kier molecular flexibility index (Phi) is 9.10. The lowest BCUT2D eigenvalue weighted by Gasteiger charge is -2.19. The highest BCUT2D eigenvalue weighted by molar-refractivity contribution is 8.03. The summed E-state index contributed by atoms with van der Waals surface area (Å²) in [5, 5.41) is 2.21. The molecule has 0 saturated heterocycles. The van der Waals surface area contributed by atoms with Crippen LogP contribution in [-0.4, -0.2) is 32.4 Å². The summed E-state index contributed by atoms with van der Waals surface area (Å²) in [5.41, 5.74) is 5.58. The number of thiazole rings is 1. The average Bonchev–Trinajstić information content (AvgIpc) is 3.37. The van der Waals surface area contributed by atoms with E-state index in [4.69, 9.17) is 9.78 Å². The van der Waals surface area contributed by atoms with E-state index in [0.717, 1.165) is 50.0 Å². The molecule has 0 atom stereocenters. The van der Waals surface area contributed by atoms with Crippen LogP contribution in [0.25, 0.3) is 16.3 Å². The molecular formula is C27H32N2O5S3. The van der Waals surface area contributed by atoms with Crippen molar-refractivity contribution in [1.29, 1.82) is 0 Å². The van der Waals surface area contributed by atoms with Crippen molar-refractivity contribution in [2.75, 3.05) is 24.3 Å². The van der Waals surface area contributed by atoms with Gasteiger partial charge in [-0.2, -0.15) is 4.57 Å². The standard InChI is InChI=1S/C27H32N2O5S3/c1-5-20(16-26-28(6-2)23-15-21(18-34-33-4)9-11-25(23)35-26)17-27-29(12-7-13-37(30,31)32)22-14-19(3)8-10-24(22)36-27/h8-11,14-17H,5-7,12-13,18H2,1-4H3. The molecule has 4 rings (SSSR count). The van der Waals surface area contributed by atoms with Crippen LogP contribution in [0.3, 0.4) is 0 Å². The second kappa shape index (κ2) is 12.1. The van der Waals surface area contributed by atoms with E-state index in [9.17, 15) is 13.0 Å². The van der Waals surface area contributed by atoms with E-state index in [2.05, 4.69) is 71.9 Å². The zero-order valence-corrected chi connectivity index (χ0v) is 24.0. The molecule has 37 heavy (non-hydrogen) atoms. The van der Waals surface area contributed by atoms with Crippen molar-refractivity contribution >= 4 is 55.2 Å². The lowest BCUT2D eigenvalue weighted by Crippen LogP contribution is -2.36. The molecule has 198 valence electrons. The molecule has 1 aromatic heterocycles. The molecule has 7 nitrogen and oxygen atoms in total. The number of nitrogens with zero attached hydrogens (tertiary/aromatic N) is 2. The number of hydrogen-bond acceptors (Lipinski definition) is 8. The molecule has 0 fully saturated rings. The minimum absolute atomic E-state index is 0.281. The summed E-state index contributed by atoms with van der Waals surface area (Å²) in [6.45, 7) is 8.02. The van der Waals surface area contributed by atoms with Crippen LogP contribution >= 0.6 is 23.1 Å². The van der Waals surface area contributed by atoms with Gasteiger partial charge in [0.25, 0.3) is 5.01 Å². The molecule has 0 radical (unpaired) electrons. The fourth-order valence-electron chi connectivity index (χ4n) is 4.31. The maximum Gasteiger partial charge on any atom is 0.263 e. The van der Waals surface area contributed by atoms with Gasteiger partial charge in [-0.15, -0.1) is 0 Å². The molecule has 0 unspecified atom stereocenters. The summed E-state index contributed by atoms with van der Waals surface area (Å²) in [6.07, 6.45) is 5.55. The molecule has 0 amide bonds. The third-order valence-corrected chi connectivity index (χ3v) is 9.16. The lowest BCUT2D eigenvalue weighted by molar-refractivity contribution is -0.668. The molecule has 10 heteroatoms. The molecule has 0 aliphatic carbocycles. The SMILES string of the molecule is CCC(/C=C1\Sc2ccc(COOC)cc2N1CC)=C\c1sc2ccc(C)cc2[n+]1CCCS(=O)(=O)[O-]. The van der Waals surface area contributed by atoms with Crippen LogP contribution in [0.4, 0.5) is 5.69 Å². The number of aromatic nitrogens is 1. The van der Waals surface area contributed by atoms with Gasteiger partial charge < -0.3 is 9.45 Å². The summed E-state index contributed by atoms with van der Waals surface area (Å²) in [7, 11) is -2.74. The second-order valence-corrected chi connectivity index (χ2v) is 12.5. The fourth-order valence-corrected chi connectivity index (χ4v) is 7.12. The Morgan fingerprint density at radius 2 is 2.00 bits per heavy atom. The van der Waals surface area contributed by atoms with Gasteiger partial charge in [0.2, 0.25) is 5.52 Å². The van der Waals surface area contributed by atoms with Gasteiger partial charge in [0, 0.05) is 35.8 Å². The first kappa shape index (κ1) is 27.8. The summed E-state index contributed by atoms with van der Waals surface area (Å²) >= 11 is 3.43. The first-order chi connectivity index (χ1) is 17.7. The smallest absolute Gasteiger partial charge is 0.263 e. The molecule has 0 N–H and O–H groups in total. The van der Waals surface area contributed by atoms with Gasteiger partial charge in [0.15, 0.2) is 6.54 Å². The molecule has 0 saturated carbocycles. The van der Waals surface area contributed by atoms with Crippen LogP contribution < -0.4 is 9.47 Å². The van der Waals surface area contributed by atoms with E-state index in [1.807, 2.05) is 6.92 Å². The van der Waals surface area contributed by atoms with Crippen molar-refractivity contribution in [3.63, 3.8) is 0 Å². The normalized spacial score (nSPS) is 15.2. The highest BCUT2D eigenvalue weighted by Gasteiger charge is 2.25. The lowest BCUT2D eigenvalue weighted by atomic mass is 10.1. The van der Waals surface area contributed by atoms with Gasteiger partial charge in [-0.25, -0.2) is 18.2 Å². The van der Waals surface area contributed by atoms with Crippen LogP contribution in [-0.2, 0) is 33.0 Å². The Labute approximate surface area is 227 Å². The number of anilines is 1. The number of hydrogen-bond donors (Lipinski definition) is 0. The molecule has 3 aromatic rings. The van der Waals surface area contributed by atoms with E-state index in [0.29, 0.717) is 13.2 Å². The first-order valence-corrected chi connectivity index (χ1v) is 15.5. The van der Waals surface area contributed by atoms with Crippen molar-refractivity contribution in [1.82, 2.24) is 0 Å². The van der Waals surface area contributed by atoms with E-state index in [1.165, 1.54) is 17.6 Å². The van der Waals surface area contributed by atoms with Crippen molar-refractivity contribution in [2.45, 2.75) is 51.7 Å². The quantitative estimate of drug-likeness (QED) is 0.127. The van der Waals surface area contributed by atoms with Gasteiger partial charge in [0.05, 0.1) is 27.9 Å². The molecule has 2 heterocycles. The second-order valence-electron chi connectivity index (χ2n) is 8.81.